The third-order valence-electron chi connectivity index (χ3n) is 3.47. The van der Waals surface area contributed by atoms with Gasteiger partial charge in [0.25, 0.3) is 0 Å². The number of hydrogen-bond donors (Lipinski definition) is 2. The maximum Gasteiger partial charge on any atom is 0.190 e. The number of halogens is 1. The fraction of sp³-hybridized carbons (Fsp3) is 0.500. The Morgan fingerprint density at radius 2 is 1.94 bits per heavy atom. The van der Waals surface area contributed by atoms with Crippen LogP contribution in [-0.2, 0) is 6.42 Å². The lowest BCUT2D eigenvalue weighted by Crippen LogP contribution is -2.38. The van der Waals surface area contributed by atoms with Crippen LogP contribution in [0.1, 0.15) is 18.4 Å². The molecule has 1 aliphatic carbocycles. The molecule has 2 rings (SSSR count). The van der Waals surface area contributed by atoms with E-state index >= 15 is 0 Å². The minimum atomic E-state index is 0. The van der Waals surface area contributed by atoms with Gasteiger partial charge in [-0.1, -0.05) is 30.3 Å². The van der Waals surface area contributed by atoms with Crippen LogP contribution in [0.2, 0.25) is 0 Å². The molecule has 0 radical (unpaired) electrons. The Kier molecular flexibility index (Phi) is 5.91. The van der Waals surface area contributed by atoms with Gasteiger partial charge in [0, 0.05) is 20.6 Å². The van der Waals surface area contributed by atoms with E-state index < -0.39 is 0 Å². The summed E-state index contributed by atoms with van der Waals surface area (Å²) in [5, 5.41) is 6.44. The van der Waals surface area contributed by atoms with E-state index in [1.165, 1.54) is 24.8 Å². The molecule has 3 nitrogen and oxygen atoms in total. The Morgan fingerprint density at radius 3 is 2.44 bits per heavy atom. The van der Waals surface area contributed by atoms with Gasteiger partial charge in [0.15, 0.2) is 5.96 Å². The molecule has 1 fully saturated rings. The van der Waals surface area contributed by atoms with E-state index in [9.17, 15) is 0 Å². The maximum atomic E-state index is 4.14. The highest BCUT2D eigenvalue weighted by Crippen LogP contribution is 2.47. The van der Waals surface area contributed by atoms with Crippen molar-refractivity contribution in [2.24, 2.45) is 10.4 Å². The number of nitrogens with one attached hydrogen (secondary N) is 2. The molecular weight excluding hydrogens is 337 g/mol. The number of benzene rings is 1. The lowest BCUT2D eigenvalue weighted by Gasteiger charge is -2.17. The van der Waals surface area contributed by atoms with Gasteiger partial charge in [0.2, 0.25) is 0 Å². The zero-order valence-electron chi connectivity index (χ0n) is 11.1. The van der Waals surface area contributed by atoms with Crippen molar-refractivity contribution in [3.8, 4) is 0 Å². The van der Waals surface area contributed by atoms with Crippen LogP contribution < -0.4 is 10.6 Å². The Balaban J connectivity index is 0.00000162. The molecule has 1 saturated carbocycles. The largest absolute Gasteiger partial charge is 0.359 e. The first kappa shape index (κ1) is 15.3. The van der Waals surface area contributed by atoms with Gasteiger partial charge in [0.05, 0.1) is 0 Å². The molecule has 0 aliphatic heterocycles. The van der Waals surface area contributed by atoms with Gasteiger partial charge in [-0.15, -0.1) is 24.0 Å². The van der Waals surface area contributed by atoms with Crippen molar-refractivity contribution in [1.29, 1.82) is 0 Å². The van der Waals surface area contributed by atoms with Gasteiger partial charge >= 0.3 is 0 Å². The molecule has 0 atom stereocenters. The molecule has 0 spiro atoms. The lowest BCUT2D eigenvalue weighted by molar-refractivity contribution is 0.493. The third-order valence-corrected chi connectivity index (χ3v) is 3.47. The molecule has 100 valence electrons. The van der Waals surface area contributed by atoms with Crippen molar-refractivity contribution < 1.29 is 0 Å². The number of guanidine groups is 1. The fourth-order valence-corrected chi connectivity index (χ4v) is 2.17. The summed E-state index contributed by atoms with van der Waals surface area (Å²) in [6, 6.07) is 10.7. The number of rotatable bonds is 4. The molecule has 2 N–H and O–H groups in total. The number of hydrogen-bond acceptors (Lipinski definition) is 1. The smallest absolute Gasteiger partial charge is 0.190 e. The van der Waals surface area contributed by atoms with E-state index in [2.05, 4.69) is 46.0 Å². The molecule has 0 amide bonds. The fourth-order valence-electron chi connectivity index (χ4n) is 2.17. The second kappa shape index (κ2) is 6.97. The topological polar surface area (TPSA) is 36.4 Å². The Hall–Kier alpha value is -0.780. The maximum absolute atomic E-state index is 4.14. The highest BCUT2D eigenvalue weighted by molar-refractivity contribution is 14.0. The number of nitrogens with zero attached hydrogens (tertiary/aromatic N) is 1. The minimum Gasteiger partial charge on any atom is -0.359 e. The minimum absolute atomic E-state index is 0. The summed E-state index contributed by atoms with van der Waals surface area (Å²) in [6.45, 7) is 1.01. The summed E-state index contributed by atoms with van der Waals surface area (Å²) in [5.74, 6) is 0.879. The van der Waals surface area contributed by atoms with Crippen molar-refractivity contribution in [1.82, 2.24) is 10.6 Å². The molecule has 0 heterocycles. The van der Waals surface area contributed by atoms with Gasteiger partial charge in [-0.2, -0.15) is 0 Å². The molecule has 0 aromatic heterocycles. The van der Waals surface area contributed by atoms with Gasteiger partial charge in [-0.25, -0.2) is 0 Å². The highest BCUT2D eigenvalue weighted by atomic mass is 127. The summed E-state index contributed by atoms with van der Waals surface area (Å²) in [6.07, 6.45) is 3.80. The van der Waals surface area contributed by atoms with E-state index in [0.717, 1.165) is 12.5 Å². The van der Waals surface area contributed by atoms with Crippen LogP contribution in [0.3, 0.4) is 0 Å². The molecule has 1 aliphatic rings. The van der Waals surface area contributed by atoms with Crippen LogP contribution >= 0.6 is 24.0 Å². The van der Waals surface area contributed by atoms with Crippen molar-refractivity contribution >= 4 is 29.9 Å². The Bertz CT molecular complexity index is 385. The van der Waals surface area contributed by atoms with E-state index in [1.807, 2.05) is 7.05 Å². The van der Waals surface area contributed by atoms with Crippen LogP contribution in [0, 0.1) is 5.41 Å². The molecule has 0 saturated heterocycles. The van der Waals surface area contributed by atoms with Crippen LogP contribution in [0.4, 0.5) is 0 Å². The predicted molar refractivity (Wildman–Crippen MR) is 87.6 cm³/mol. The van der Waals surface area contributed by atoms with Gasteiger partial charge in [0.1, 0.15) is 0 Å². The van der Waals surface area contributed by atoms with Crippen molar-refractivity contribution in [3.05, 3.63) is 35.9 Å². The molecule has 1 aromatic rings. The van der Waals surface area contributed by atoms with E-state index in [0.29, 0.717) is 5.41 Å². The van der Waals surface area contributed by atoms with Crippen molar-refractivity contribution in [2.45, 2.75) is 19.3 Å². The van der Waals surface area contributed by atoms with Crippen LogP contribution in [0.15, 0.2) is 35.3 Å². The first-order valence-corrected chi connectivity index (χ1v) is 6.20. The first-order chi connectivity index (χ1) is 8.28. The summed E-state index contributed by atoms with van der Waals surface area (Å²) >= 11 is 0. The molecule has 4 heteroatoms. The van der Waals surface area contributed by atoms with Gasteiger partial charge in [-0.3, -0.25) is 4.99 Å². The Labute approximate surface area is 126 Å². The predicted octanol–water partition coefficient (Wildman–Crippen LogP) is 2.42. The summed E-state index contributed by atoms with van der Waals surface area (Å²) in [7, 11) is 3.70. The third kappa shape index (κ3) is 4.15. The quantitative estimate of drug-likeness (QED) is 0.492. The second-order valence-electron chi connectivity index (χ2n) is 4.84. The van der Waals surface area contributed by atoms with Gasteiger partial charge in [-0.05, 0) is 30.2 Å². The normalized spacial score (nSPS) is 16.7. The Morgan fingerprint density at radius 1 is 1.28 bits per heavy atom. The summed E-state index contributed by atoms with van der Waals surface area (Å²) < 4.78 is 0. The van der Waals surface area contributed by atoms with Crippen molar-refractivity contribution in [3.63, 3.8) is 0 Å². The average molecular weight is 359 g/mol. The standard InChI is InChI=1S/C14H21N3.HI/c1-15-13(16-2)17-11-14(8-9-14)10-12-6-4-3-5-7-12;/h3-7H,8-11H2,1-2H3,(H2,15,16,17);1H. The lowest BCUT2D eigenvalue weighted by atomic mass is 9.96. The summed E-state index contributed by atoms with van der Waals surface area (Å²) in [5.41, 5.74) is 1.89. The van der Waals surface area contributed by atoms with E-state index in [1.54, 1.807) is 7.05 Å². The second-order valence-corrected chi connectivity index (χ2v) is 4.84. The van der Waals surface area contributed by atoms with E-state index in [-0.39, 0.29) is 24.0 Å². The molecule has 1 aromatic carbocycles. The summed E-state index contributed by atoms with van der Waals surface area (Å²) in [4.78, 5) is 4.14. The zero-order valence-corrected chi connectivity index (χ0v) is 13.4. The molecular formula is C14H22IN3. The monoisotopic (exact) mass is 359 g/mol. The average Bonchev–Trinajstić information content (AvgIpc) is 3.12. The molecule has 0 unspecified atom stereocenters. The molecule has 0 bridgehead atoms. The van der Waals surface area contributed by atoms with Crippen molar-refractivity contribution in [2.75, 3.05) is 20.6 Å². The number of aliphatic imine (C=N–C) groups is 1. The van der Waals surface area contributed by atoms with E-state index in [4.69, 9.17) is 0 Å². The first-order valence-electron chi connectivity index (χ1n) is 6.20. The van der Waals surface area contributed by atoms with Crippen LogP contribution in [0.25, 0.3) is 0 Å². The van der Waals surface area contributed by atoms with Crippen LogP contribution in [-0.4, -0.2) is 26.6 Å². The van der Waals surface area contributed by atoms with Gasteiger partial charge < -0.3 is 10.6 Å². The SMILES string of the molecule is CN=C(NC)NCC1(Cc2ccccc2)CC1.I. The molecule has 18 heavy (non-hydrogen) atoms. The highest BCUT2D eigenvalue weighted by Gasteiger charge is 2.42. The van der Waals surface area contributed by atoms with Crippen LogP contribution in [0.5, 0.6) is 0 Å². The zero-order chi connectivity index (χ0) is 12.1.